The molecule has 1 amide bonds. The summed E-state index contributed by atoms with van der Waals surface area (Å²) in [6.45, 7) is 3.67. The second kappa shape index (κ2) is 6.45. The van der Waals surface area contributed by atoms with Crippen molar-refractivity contribution in [1.29, 1.82) is 0 Å². The molecule has 2 heterocycles. The van der Waals surface area contributed by atoms with E-state index in [4.69, 9.17) is 4.42 Å². The number of nitrogens with zero attached hydrogens (tertiary/aromatic N) is 1. The second-order valence-electron chi connectivity index (χ2n) is 5.39. The summed E-state index contributed by atoms with van der Waals surface area (Å²) in [7, 11) is 0. The molecule has 2 aromatic heterocycles. The third kappa shape index (κ3) is 3.38. The Balaban J connectivity index is 1.76. The Labute approximate surface area is 138 Å². The Morgan fingerprint density at radius 2 is 2.08 bits per heavy atom. The SMILES string of the molecule is Cc1ccc(/C=C/C(=O)Nc2cccc(-n3c(C)c[nH]c3=O)c2)o1. The first-order chi connectivity index (χ1) is 11.5. The molecule has 3 aromatic rings. The molecule has 0 bridgehead atoms. The zero-order valence-corrected chi connectivity index (χ0v) is 13.4. The zero-order chi connectivity index (χ0) is 17.1. The molecule has 0 radical (unpaired) electrons. The van der Waals surface area contributed by atoms with E-state index in [2.05, 4.69) is 10.3 Å². The summed E-state index contributed by atoms with van der Waals surface area (Å²) in [4.78, 5) is 26.5. The van der Waals surface area contributed by atoms with Crippen LogP contribution in [0.2, 0.25) is 0 Å². The molecule has 6 heteroatoms. The molecule has 0 aliphatic heterocycles. The van der Waals surface area contributed by atoms with Gasteiger partial charge < -0.3 is 14.7 Å². The number of aromatic amines is 1. The lowest BCUT2D eigenvalue weighted by atomic mass is 10.2. The average Bonchev–Trinajstić information content (AvgIpc) is 3.11. The summed E-state index contributed by atoms with van der Waals surface area (Å²) in [5.41, 5.74) is 1.85. The number of aromatic nitrogens is 2. The molecule has 24 heavy (non-hydrogen) atoms. The van der Waals surface area contributed by atoms with E-state index in [0.717, 1.165) is 11.5 Å². The van der Waals surface area contributed by atoms with Crippen LogP contribution in [-0.2, 0) is 4.79 Å². The van der Waals surface area contributed by atoms with Crippen LogP contribution >= 0.6 is 0 Å². The van der Waals surface area contributed by atoms with Crippen molar-refractivity contribution in [3.8, 4) is 5.69 Å². The van der Waals surface area contributed by atoms with Gasteiger partial charge in [-0.2, -0.15) is 0 Å². The minimum absolute atomic E-state index is 0.218. The maximum absolute atomic E-state index is 12.0. The van der Waals surface area contributed by atoms with Crippen LogP contribution < -0.4 is 11.0 Å². The highest BCUT2D eigenvalue weighted by Crippen LogP contribution is 2.15. The number of aryl methyl sites for hydroxylation is 2. The van der Waals surface area contributed by atoms with Gasteiger partial charge in [0, 0.05) is 23.7 Å². The van der Waals surface area contributed by atoms with Crippen LogP contribution in [0.1, 0.15) is 17.2 Å². The minimum atomic E-state index is -0.278. The number of carbonyl (C=O) groups excluding carboxylic acids is 1. The first kappa shape index (κ1) is 15.6. The van der Waals surface area contributed by atoms with E-state index in [1.165, 1.54) is 10.6 Å². The van der Waals surface area contributed by atoms with Crippen molar-refractivity contribution in [3.05, 3.63) is 76.4 Å². The maximum atomic E-state index is 12.0. The fourth-order valence-electron chi connectivity index (χ4n) is 2.38. The Kier molecular flexibility index (Phi) is 4.20. The van der Waals surface area contributed by atoms with Crippen molar-refractivity contribution >= 4 is 17.7 Å². The van der Waals surface area contributed by atoms with Gasteiger partial charge >= 0.3 is 5.69 Å². The van der Waals surface area contributed by atoms with Gasteiger partial charge in [0.25, 0.3) is 0 Å². The maximum Gasteiger partial charge on any atom is 0.330 e. The molecule has 6 nitrogen and oxygen atoms in total. The zero-order valence-electron chi connectivity index (χ0n) is 13.4. The summed E-state index contributed by atoms with van der Waals surface area (Å²) < 4.78 is 6.91. The number of H-pyrrole nitrogens is 1. The Morgan fingerprint density at radius 1 is 1.25 bits per heavy atom. The third-order valence-corrected chi connectivity index (χ3v) is 3.49. The molecule has 2 N–H and O–H groups in total. The fraction of sp³-hybridized carbons (Fsp3) is 0.111. The van der Waals surface area contributed by atoms with Gasteiger partial charge in [-0.1, -0.05) is 6.07 Å². The topological polar surface area (TPSA) is 80.0 Å². The van der Waals surface area contributed by atoms with Gasteiger partial charge in [0.1, 0.15) is 11.5 Å². The van der Waals surface area contributed by atoms with Crippen LogP contribution in [0.4, 0.5) is 5.69 Å². The number of carbonyl (C=O) groups is 1. The Morgan fingerprint density at radius 3 is 2.75 bits per heavy atom. The Bertz CT molecular complexity index is 960. The van der Waals surface area contributed by atoms with Crippen LogP contribution in [0.3, 0.4) is 0 Å². The molecule has 0 saturated carbocycles. The van der Waals surface area contributed by atoms with Crippen LogP contribution in [-0.4, -0.2) is 15.5 Å². The smallest absolute Gasteiger partial charge is 0.330 e. The van der Waals surface area contributed by atoms with Gasteiger partial charge in [0.2, 0.25) is 5.91 Å². The normalized spacial score (nSPS) is 11.1. The first-order valence-corrected chi connectivity index (χ1v) is 7.46. The number of nitrogens with one attached hydrogen (secondary N) is 2. The molecule has 1 aromatic carbocycles. The van der Waals surface area contributed by atoms with E-state index >= 15 is 0 Å². The van der Waals surface area contributed by atoms with E-state index in [-0.39, 0.29) is 11.6 Å². The summed E-state index contributed by atoms with van der Waals surface area (Å²) in [6, 6.07) is 10.7. The molecule has 0 aliphatic carbocycles. The molecule has 0 fully saturated rings. The predicted octanol–water partition coefficient (Wildman–Crippen LogP) is 3.03. The third-order valence-electron chi connectivity index (χ3n) is 3.49. The quantitative estimate of drug-likeness (QED) is 0.724. The average molecular weight is 323 g/mol. The number of hydrogen-bond donors (Lipinski definition) is 2. The number of anilines is 1. The largest absolute Gasteiger partial charge is 0.462 e. The van der Waals surface area contributed by atoms with Gasteiger partial charge in [0.05, 0.1) is 5.69 Å². The standard InChI is InChI=1S/C18H17N3O3/c1-12-11-19-18(23)21(12)15-5-3-4-14(10-15)20-17(22)9-8-16-7-6-13(2)24-16/h3-11H,1-2H3,(H,19,23)(H,20,22)/b9-8+. The molecule has 122 valence electrons. The summed E-state index contributed by atoms with van der Waals surface area (Å²) >= 11 is 0. The number of rotatable bonds is 4. The lowest BCUT2D eigenvalue weighted by Gasteiger charge is -2.07. The minimum Gasteiger partial charge on any atom is -0.462 e. The molecular weight excluding hydrogens is 306 g/mol. The number of benzene rings is 1. The van der Waals surface area contributed by atoms with Crippen molar-refractivity contribution in [2.24, 2.45) is 0 Å². The van der Waals surface area contributed by atoms with Crippen molar-refractivity contribution in [2.45, 2.75) is 13.8 Å². The van der Waals surface area contributed by atoms with E-state index in [9.17, 15) is 9.59 Å². The van der Waals surface area contributed by atoms with Crippen molar-refractivity contribution in [2.75, 3.05) is 5.32 Å². The van der Waals surface area contributed by atoms with E-state index < -0.39 is 0 Å². The molecular formula is C18H17N3O3. The molecule has 3 rings (SSSR count). The van der Waals surface area contributed by atoms with Crippen molar-refractivity contribution in [1.82, 2.24) is 9.55 Å². The monoisotopic (exact) mass is 323 g/mol. The highest BCUT2D eigenvalue weighted by molar-refractivity contribution is 6.01. The number of amides is 1. The second-order valence-corrected chi connectivity index (χ2v) is 5.39. The molecule has 0 aliphatic rings. The molecule has 0 spiro atoms. The summed E-state index contributed by atoms with van der Waals surface area (Å²) in [6.07, 6.45) is 4.65. The molecule has 0 atom stereocenters. The highest BCUT2D eigenvalue weighted by Gasteiger charge is 2.06. The van der Waals surface area contributed by atoms with Gasteiger partial charge in [0.15, 0.2) is 0 Å². The van der Waals surface area contributed by atoms with Gasteiger partial charge in [-0.05, 0) is 50.3 Å². The van der Waals surface area contributed by atoms with Crippen molar-refractivity contribution < 1.29 is 9.21 Å². The van der Waals surface area contributed by atoms with Gasteiger partial charge in [-0.25, -0.2) is 4.79 Å². The lowest BCUT2D eigenvalue weighted by molar-refractivity contribution is -0.111. The summed E-state index contributed by atoms with van der Waals surface area (Å²) in [5, 5.41) is 2.77. The number of furan rings is 1. The van der Waals surface area contributed by atoms with Crippen LogP contribution in [0.15, 0.2) is 57.9 Å². The molecule has 0 saturated heterocycles. The van der Waals surface area contributed by atoms with Gasteiger partial charge in [-0.3, -0.25) is 9.36 Å². The fourth-order valence-corrected chi connectivity index (χ4v) is 2.38. The van der Waals surface area contributed by atoms with Gasteiger partial charge in [-0.15, -0.1) is 0 Å². The predicted molar refractivity (Wildman–Crippen MR) is 92.2 cm³/mol. The van der Waals surface area contributed by atoms with E-state index in [0.29, 0.717) is 17.1 Å². The van der Waals surface area contributed by atoms with Crippen LogP contribution in [0, 0.1) is 13.8 Å². The summed E-state index contributed by atoms with van der Waals surface area (Å²) in [5.74, 6) is 1.13. The Hall–Kier alpha value is -3.28. The van der Waals surface area contributed by atoms with Crippen molar-refractivity contribution in [3.63, 3.8) is 0 Å². The van der Waals surface area contributed by atoms with E-state index in [1.807, 2.05) is 19.9 Å². The van der Waals surface area contributed by atoms with E-state index in [1.54, 1.807) is 42.6 Å². The van der Waals surface area contributed by atoms with Crippen LogP contribution in [0.25, 0.3) is 11.8 Å². The first-order valence-electron chi connectivity index (χ1n) is 7.46. The number of hydrogen-bond acceptors (Lipinski definition) is 3. The molecule has 0 unspecified atom stereocenters. The number of imidazole rings is 1. The van der Waals surface area contributed by atoms with Crippen LogP contribution in [0.5, 0.6) is 0 Å². The highest BCUT2D eigenvalue weighted by atomic mass is 16.3. The lowest BCUT2D eigenvalue weighted by Crippen LogP contribution is -2.16.